The van der Waals surface area contributed by atoms with Crippen molar-refractivity contribution < 1.29 is 14.6 Å². The Morgan fingerprint density at radius 1 is 1.62 bits per heavy atom. The van der Waals surface area contributed by atoms with Crippen molar-refractivity contribution in [2.45, 2.75) is 19.4 Å². The minimum absolute atomic E-state index is 0.293. The molecule has 1 N–H and O–H groups in total. The number of carboxylic acid groups (broad SMARTS) is 1. The number of aliphatic carboxylic acids is 1. The molecule has 1 aliphatic rings. The Kier molecular flexibility index (Phi) is 2.99. The Labute approximate surface area is 94.4 Å². The lowest BCUT2D eigenvalue weighted by molar-refractivity contribution is -0.139. The van der Waals surface area contributed by atoms with Crippen molar-refractivity contribution in [3.8, 4) is 5.75 Å². The third-order valence-corrected chi connectivity index (χ3v) is 2.83. The highest BCUT2D eigenvalue weighted by atomic mass is 16.5. The lowest BCUT2D eigenvalue weighted by atomic mass is 10.0. The molecule has 1 aromatic rings. The number of hydrogen-bond donors (Lipinski definition) is 1. The van der Waals surface area contributed by atoms with E-state index < -0.39 is 5.97 Å². The van der Waals surface area contributed by atoms with Crippen LogP contribution in [0.2, 0.25) is 0 Å². The highest BCUT2D eigenvalue weighted by Gasteiger charge is 2.23. The molecule has 0 saturated carbocycles. The quantitative estimate of drug-likeness (QED) is 0.841. The molecule has 0 aromatic heterocycles. The molecule has 1 heterocycles. The Balaban J connectivity index is 2.04. The van der Waals surface area contributed by atoms with Gasteiger partial charge in [0.15, 0.2) is 6.61 Å². The molecule has 0 aliphatic carbocycles. The van der Waals surface area contributed by atoms with Crippen LogP contribution in [-0.2, 0) is 4.79 Å². The summed E-state index contributed by atoms with van der Waals surface area (Å²) >= 11 is 0. The Morgan fingerprint density at radius 2 is 2.44 bits per heavy atom. The molecule has 1 aliphatic heterocycles. The van der Waals surface area contributed by atoms with Crippen LogP contribution in [0.1, 0.15) is 13.3 Å². The molecule has 16 heavy (non-hydrogen) atoms. The summed E-state index contributed by atoms with van der Waals surface area (Å²) in [7, 11) is 0. The van der Waals surface area contributed by atoms with Gasteiger partial charge in [0.2, 0.25) is 0 Å². The van der Waals surface area contributed by atoms with Crippen molar-refractivity contribution in [1.29, 1.82) is 0 Å². The Bertz CT molecular complexity index is 392. The third-order valence-electron chi connectivity index (χ3n) is 2.83. The smallest absolute Gasteiger partial charge is 0.341 e. The van der Waals surface area contributed by atoms with E-state index in [2.05, 4.69) is 11.8 Å². The van der Waals surface area contributed by atoms with E-state index in [1.54, 1.807) is 6.07 Å². The molecule has 1 unspecified atom stereocenters. The van der Waals surface area contributed by atoms with E-state index >= 15 is 0 Å². The largest absolute Gasteiger partial charge is 0.482 e. The third kappa shape index (κ3) is 2.27. The number of nitrogens with zero attached hydrogens (tertiary/aromatic N) is 1. The van der Waals surface area contributed by atoms with Gasteiger partial charge >= 0.3 is 5.97 Å². The first-order valence-electron chi connectivity index (χ1n) is 5.38. The summed E-state index contributed by atoms with van der Waals surface area (Å²) in [6.07, 6.45) is 1.21. The minimum atomic E-state index is -0.956. The number of anilines is 1. The monoisotopic (exact) mass is 221 g/mol. The first-order chi connectivity index (χ1) is 7.66. The van der Waals surface area contributed by atoms with Gasteiger partial charge in [-0.3, -0.25) is 0 Å². The molecule has 86 valence electrons. The fraction of sp³-hybridized carbons (Fsp3) is 0.417. The van der Waals surface area contributed by atoms with Gasteiger partial charge in [0.1, 0.15) is 5.75 Å². The van der Waals surface area contributed by atoms with Crippen LogP contribution < -0.4 is 9.64 Å². The van der Waals surface area contributed by atoms with Gasteiger partial charge in [-0.1, -0.05) is 6.07 Å². The zero-order valence-corrected chi connectivity index (χ0v) is 9.22. The van der Waals surface area contributed by atoms with Crippen molar-refractivity contribution >= 4 is 11.7 Å². The molecule has 0 spiro atoms. The fourth-order valence-electron chi connectivity index (χ4n) is 1.80. The van der Waals surface area contributed by atoms with Gasteiger partial charge in [0, 0.05) is 24.3 Å². The maximum Gasteiger partial charge on any atom is 0.341 e. The van der Waals surface area contributed by atoms with Gasteiger partial charge in [-0.15, -0.1) is 0 Å². The van der Waals surface area contributed by atoms with E-state index in [1.165, 1.54) is 6.42 Å². The molecule has 0 bridgehead atoms. The standard InChI is InChI=1S/C12H15NO3/c1-9-5-6-13(9)10-3-2-4-11(7-10)16-8-12(14)15/h2-4,7,9H,5-6,8H2,1H3,(H,14,15). The summed E-state index contributed by atoms with van der Waals surface area (Å²) in [6.45, 7) is 2.94. The predicted molar refractivity (Wildman–Crippen MR) is 61.0 cm³/mol. The molecule has 0 radical (unpaired) electrons. The summed E-state index contributed by atoms with van der Waals surface area (Å²) in [6, 6.07) is 8.13. The zero-order chi connectivity index (χ0) is 11.5. The van der Waals surface area contributed by atoms with Gasteiger partial charge in [0.25, 0.3) is 0 Å². The number of carbonyl (C=O) groups is 1. The Morgan fingerprint density at radius 3 is 3.00 bits per heavy atom. The Hall–Kier alpha value is -1.71. The van der Waals surface area contributed by atoms with E-state index in [0.29, 0.717) is 11.8 Å². The second-order valence-corrected chi connectivity index (χ2v) is 4.01. The van der Waals surface area contributed by atoms with Gasteiger partial charge in [-0.2, -0.15) is 0 Å². The van der Waals surface area contributed by atoms with Crippen molar-refractivity contribution in [1.82, 2.24) is 0 Å². The lowest BCUT2D eigenvalue weighted by Crippen LogP contribution is -2.45. The summed E-state index contributed by atoms with van der Waals surface area (Å²) in [4.78, 5) is 12.6. The average molecular weight is 221 g/mol. The van der Waals surface area contributed by atoms with E-state index in [0.717, 1.165) is 12.2 Å². The first kappa shape index (κ1) is 10.8. The minimum Gasteiger partial charge on any atom is -0.482 e. The molecule has 1 fully saturated rings. The number of carboxylic acids is 1. The number of hydrogen-bond acceptors (Lipinski definition) is 3. The molecular formula is C12H15NO3. The number of ether oxygens (including phenoxy) is 1. The zero-order valence-electron chi connectivity index (χ0n) is 9.22. The van der Waals surface area contributed by atoms with Crippen LogP contribution in [0.15, 0.2) is 24.3 Å². The van der Waals surface area contributed by atoms with Gasteiger partial charge in [-0.25, -0.2) is 4.79 Å². The predicted octanol–water partition coefficient (Wildman–Crippen LogP) is 1.75. The van der Waals surface area contributed by atoms with Crippen LogP contribution >= 0.6 is 0 Å². The van der Waals surface area contributed by atoms with Crippen LogP contribution in [0.3, 0.4) is 0 Å². The van der Waals surface area contributed by atoms with E-state index in [-0.39, 0.29) is 6.61 Å². The fourth-order valence-corrected chi connectivity index (χ4v) is 1.80. The summed E-state index contributed by atoms with van der Waals surface area (Å²) in [5, 5.41) is 8.52. The normalized spacial score (nSPS) is 19.1. The van der Waals surface area contributed by atoms with Crippen molar-refractivity contribution in [3.63, 3.8) is 0 Å². The molecule has 1 atom stereocenters. The van der Waals surface area contributed by atoms with Crippen molar-refractivity contribution in [3.05, 3.63) is 24.3 Å². The van der Waals surface area contributed by atoms with E-state index in [1.807, 2.05) is 18.2 Å². The molecule has 1 aromatic carbocycles. The van der Waals surface area contributed by atoms with Crippen LogP contribution in [0.25, 0.3) is 0 Å². The molecule has 1 saturated heterocycles. The SMILES string of the molecule is CC1CCN1c1cccc(OCC(=O)O)c1. The first-order valence-corrected chi connectivity index (χ1v) is 5.38. The molecular weight excluding hydrogens is 206 g/mol. The van der Waals surface area contributed by atoms with E-state index in [9.17, 15) is 4.79 Å². The van der Waals surface area contributed by atoms with Crippen LogP contribution in [0.5, 0.6) is 5.75 Å². The number of rotatable bonds is 4. The van der Waals surface area contributed by atoms with Gasteiger partial charge in [-0.05, 0) is 25.5 Å². The summed E-state index contributed by atoms with van der Waals surface area (Å²) in [5.74, 6) is -0.346. The number of benzene rings is 1. The summed E-state index contributed by atoms with van der Waals surface area (Å²) < 4.78 is 5.14. The molecule has 4 heteroatoms. The van der Waals surface area contributed by atoms with Gasteiger partial charge in [0.05, 0.1) is 0 Å². The highest BCUT2D eigenvalue weighted by Crippen LogP contribution is 2.28. The second kappa shape index (κ2) is 4.43. The lowest BCUT2D eigenvalue weighted by Gasteiger charge is -2.40. The average Bonchev–Trinajstić information content (AvgIpc) is 2.25. The van der Waals surface area contributed by atoms with Crippen LogP contribution in [-0.4, -0.2) is 30.3 Å². The van der Waals surface area contributed by atoms with Crippen molar-refractivity contribution in [2.24, 2.45) is 0 Å². The molecule has 4 nitrogen and oxygen atoms in total. The second-order valence-electron chi connectivity index (χ2n) is 4.01. The van der Waals surface area contributed by atoms with Crippen molar-refractivity contribution in [2.75, 3.05) is 18.1 Å². The van der Waals surface area contributed by atoms with E-state index in [4.69, 9.17) is 9.84 Å². The molecule has 0 amide bonds. The highest BCUT2D eigenvalue weighted by molar-refractivity contribution is 5.68. The maximum atomic E-state index is 10.4. The molecule has 2 rings (SSSR count). The van der Waals surface area contributed by atoms with Gasteiger partial charge < -0.3 is 14.7 Å². The van der Waals surface area contributed by atoms with Crippen LogP contribution in [0, 0.1) is 0 Å². The summed E-state index contributed by atoms with van der Waals surface area (Å²) in [5.41, 5.74) is 1.10. The topological polar surface area (TPSA) is 49.8 Å². The maximum absolute atomic E-state index is 10.4. The van der Waals surface area contributed by atoms with Crippen LogP contribution in [0.4, 0.5) is 5.69 Å².